The van der Waals surface area contributed by atoms with Gasteiger partial charge in [-0.1, -0.05) is 13.3 Å². The van der Waals surface area contributed by atoms with Gasteiger partial charge in [0.05, 0.1) is 0 Å². The van der Waals surface area contributed by atoms with Gasteiger partial charge >= 0.3 is 0 Å². The van der Waals surface area contributed by atoms with Crippen molar-refractivity contribution in [3.8, 4) is 0 Å². The third-order valence-electron chi connectivity index (χ3n) is 1.90. The highest BCUT2D eigenvalue weighted by Gasteiger charge is 2.00. The van der Waals surface area contributed by atoms with Crippen molar-refractivity contribution in [1.29, 1.82) is 0 Å². The van der Waals surface area contributed by atoms with E-state index in [0.29, 0.717) is 0 Å². The van der Waals surface area contributed by atoms with Gasteiger partial charge in [0.2, 0.25) is 0 Å². The van der Waals surface area contributed by atoms with Crippen molar-refractivity contribution >= 4 is 0 Å². The summed E-state index contributed by atoms with van der Waals surface area (Å²) < 4.78 is 7.65. The zero-order valence-corrected chi connectivity index (χ0v) is 7.86. The third kappa shape index (κ3) is 2.70. The number of hydrogen-bond donors (Lipinski definition) is 0. The number of rotatable bonds is 5. The first-order valence-corrected chi connectivity index (χ1v) is 4.58. The Morgan fingerprint density at radius 3 is 2.58 bits per heavy atom. The fourth-order valence-corrected chi connectivity index (χ4v) is 1.07. The Hall–Kier alpha value is -0.760. The van der Waals surface area contributed by atoms with Crippen molar-refractivity contribution < 1.29 is 4.74 Å². The fourth-order valence-electron chi connectivity index (χ4n) is 1.07. The lowest BCUT2D eigenvalue weighted by atomic mass is 10.4. The molecule has 0 amide bonds. The Bertz CT molecular complexity index is 194. The van der Waals surface area contributed by atoms with Crippen molar-refractivity contribution in [2.24, 2.45) is 0 Å². The predicted molar refractivity (Wildman–Crippen MR) is 50.0 cm³/mol. The van der Waals surface area contributed by atoms with Crippen LogP contribution in [-0.2, 0) is 4.74 Å². The monoisotopic (exact) mass is 167 g/mol. The highest BCUT2D eigenvalue weighted by atomic mass is 16.5. The van der Waals surface area contributed by atoms with E-state index in [9.17, 15) is 0 Å². The molecular weight excluding hydrogens is 150 g/mol. The minimum Gasteiger partial charge on any atom is -0.358 e. The summed E-state index contributed by atoms with van der Waals surface area (Å²) in [5.41, 5.74) is 0. The van der Waals surface area contributed by atoms with Crippen LogP contribution in [0.2, 0.25) is 0 Å². The van der Waals surface area contributed by atoms with Crippen molar-refractivity contribution in [1.82, 2.24) is 4.57 Å². The smallest absolute Gasteiger partial charge is 0.130 e. The van der Waals surface area contributed by atoms with E-state index < -0.39 is 0 Å². The van der Waals surface area contributed by atoms with Crippen molar-refractivity contribution in [3.63, 3.8) is 0 Å². The molecule has 1 aromatic rings. The average molecular weight is 167 g/mol. The maximum atomic E-state index is 5.59. The minimum atomic E-state index is 0.173. The molecule has 68 valence electrons. The lowest BCUT2D eigenvalue weighted by molar-refractivity contribution is 0.0150. The third-order valence-corrected chi connectivity index (χ3v) is 1.90. The molecule has 0 bridgehead atoms. The maximum Gasteiger partial charge on any atom is 0.130 e. The van der Waals surface area contributed by atoms with Crippen LogP contribution in [-0.4, -0.2) is 11.2 Å². The number of nitrogens with zero attached hydrogens (tertiary/aromatic N) is 1. The van der Waals surface area contributed by atoms with Gasteiger partial charge in [0.1, 0.15) is 6.23 Å². The first-order valence-electron chi connectivity index (χ1n) is 4.58. The van der Waals surface area contributed by atoms with E-state index in [1.54, 1.807) is 0 Å². The van der Waals surface area contributed by atoms with E-state index in [2.05, 4.69) is 18.4 Å². The van der Waals surface area contributed by atoms with Gasteiger partial charge in [0.15, 0.2) is 0 Å². The summed E-state index contributed by atoms with van der Waals surface area (Å²) >= 11 is 0. The van der Waals surface area contributed by atoms with Crippen LogP contribution in [0.4, 0.5) is 0 Å². The predicted octanol–water partition coefficient (Wildman–Crippen LogP) is 2.82. The lowest BCUT2D eigenvalue weighted by Gasteiger charge is -2.14. The van der Waals surface area contributed by atoms with Gasteiger partial charge in [0, 0.05) is 19.0 Å². The second-order valence-electron chi connectivity index (χ2n) is 2.95. The Balaban J connectivity index is 2.25. The van der Waals surface area contributed by atoms with Crippen LogP contribution >= 0.6 is 0 Å². The Morgan fingerprint density at radius 1 is 1.33 bits per heavy atom. The van der Waals surface area contributed by atoms with Gasteiger partial charge in [-0.25, -0.2) is 0 Å². The molecule has 2 nitrogen and oxygen atoms in total. The van der Waals surface area contributed by atoms with E-state index in [4.69, 9.17) is 4.74 Å². The van der Waals surface area contributed by atoms with Gasteiger partial charge in [-0.05, 0) is 25.5 Å². The molecule has 0 radical (unpaired) electrons. The minimum absolute atomic E-state index is 0.173. The Labute approximate surface area is 74.2 Å². The van der Waals surface area contributed by atoms with Crippen molar-refractivity contribution in [2.45, 2.75) is 32.9 Å². The molecule has 0 saturated carbocycles. The van der Waals surface area contributed by atoms with Crippen LogP contribution in [0.25, 0.3) is 0 Å². The molecule has 0 fully saturated rings. The quantitative estimate of drug-likeness (QED) is 0.615. The van der Waals surface area contributed by atoms with Crippen LogP contribution in [0.5, 0.6) is 0 Å². The van der Waals surface area contributed by atoms with Crippen LogP contribution in [0.1, 0.15) is 32.9 Å². The van der Waals surface area contributed by atoms with Crippen LogP contribution < -0.4 is 0 Å². The molecule has 1 heterocycles. The van der Waals surface area contributed by atoms with E-state index in [1.165, 1.54) is 6.42 Å². The Kier molecular flexibility index (Phi) is 3.88. The van der Waals surface area contributed by atoms with E-state index in [1.807, 2.05) is 24.5 Å². The standard InChI is InChI=1S/C10H17NO/c1-3-4-9-12-10(2)11-7-5-6-8-11/h5-8,10H,3-4,9H2,1-2H3. The van der Waals surface area contributed by atoms with Gasteiger partial charge in [-0.2, -0.15) is 0 Å². The van der Waals surface area contributed by atoms with Crippen LogP contribution in [0.15, 0.2) is 24.5 Å². The molecule has 0 saturated heterocycles. The number of ether oxygens (including phenoxy) is 1. The molecule has 1 rings (SSSR count). The van der Waals surface area contributed by atoms with E-state index in [0.717, 1.165) is 13.0 Å². The molecule has 0 aliphatic heterocycles. The first kappa shape index (κ1) is 9.33. The highest BCUT2D eigenvalue weighted by molar-refractivity contribution is 4.91. The normalized spacial score (nSPS) is 13.2. The summed E-state index contributed by atoms with van der Waals surface area (Å²) in [6, 6.07) is 4.03. The van der Waals surface area contributed by atoms with Gasteiger partial charge < -0.3 is 9.30 Å². The molecule has 0 aromatic carbocycles. The summed E-state index contributed by atoms with van der Waals surface area (Å²) in [7, 11) is 0. The van der Waals surface area contributed by atoms with Gasteiger partial charge in [-0.3, -0.25) is 0 Å². The molecule has 2 heteroatoms. The fraction of sp³-hybridized carbons (Fsp3) is 0.600. The summed E-state index contributed by atoms with van der Waals surface area (Å²) in [5, 5.41) is 0. The molecule has 0 aliphatic rings. The Morgan fingerprint density at radius 2 is 2.00 bits per heavy atom. The summed E-state index contributed by atoms with van der Waals surface area (Å²) in [5.74, 6) is 0. The molecule has 0 N–H and O–H groups in total. The molecule has 1 atom stereocenters. The van der Waals surface area contributed by atoms with Crippen LogP contribution in [0, 0.1) is 0 Å². The molecular formula is C10H17NO. The van der Waals surface area contributed by atoms with Crippen LogP contribution in [0.3, 0.4) is 0 Å². The molecule has 1 unspecified atom stereocenters. The summed E-state index contributed by atoms with van der Waals surface area (Å²) in [6.45, 7) is 5.09. The molecule has 12 heavy (non-hydrogen) atoms. The number of unbranched alkanes of at least 4 members (excludes halogenated alkanes) is 1. The van der Waals surface area contributed by atoms with Crippen molar-refractivity contribution in [2.75, 3.05) is 6.61 Å². The zero-order valence-electron chi connectivity index (χ0n) is 7.86. The maximum absolute atomic E-state index is 5.59. The SMILES string of the molecule is CCCCOC(C)n1cccc1. The molecule has 0 spiro atoms. The lowest BCUT2D eigenvalue weighted by Crippen LogP contribution is -2.07. The van der Waals surface area contributed by atoms with E-state index >= 15 is 0 Å². The highest BCUT2D eigenvalue weighted by Crippen LogP contribution is 2.07. The number of hydrogen-bond acceptors (Lipinski definition) is 1. The van der Waals surface area contributed by atoms with Gasteiger partial charge in [-0.15, -0.1) is 0 Å². The largest absolute Gasteiger partial charge is 0.358 e. The number of aromatic nitrogens is 1. The molecule has 0 aliphatic carbocycles. The average Bonchev–Trinajstić information content (AvgIpc) is 2.56. The van der Waals surface area contributed by atoms with E-state index in [-0.39, 0.29) is 6.23 Å². The second-order valence-corrected chi connectivity index (χ2v) is 2.95. The summed E-state index contributed by atoms with van der Waals surface area (Å²) in [4.78, 5) is 0. The zero-order chi connectivity index (χ0) is 8.81. The van der Waals surface area contributed by atoms with Gasteiger partial charge in [0.25, 0.3) is 0 Å². The molecule has 1 aromatic heterocycles. The summed E-state index contributed by atoms with van der Waals surface area (Å²) in [6.07, 6.45) is 6.56. The topological polar surface area (TPSA) is 14.2 Å². The second kappa shape index (κ2) is 4.99. The van der Waals surface area contributed by atoms with Crippen molar-refractivity contribution in [3.05, 3.63) is 24.5 Å². The first-order chi connectivity index (χ1) is 5.84.